The quantitative estimate of drug-likeness (QED) is 0.427. The van der Waals surface area contributed by atoms with Crippen LogP contribution in [0.15, 0.2) is 35.7 Å². The molecule has 3 aromatic rings. The molecule has 132 valence electrons. The van der Waals surface area contributed by atoms with Crippen molar-refractivity contribution in [1.29, 1.82) is 0 Å². The zero-order chi connectivity index (χ0) is 18.4. The predicted molar refractivity (Wildman–Crippen MR) is 95.1 cm³/mol. The molecule has 0 spiro atoms. The fourth-order valence-electron chi connectivity index (χ4n) is 1.75. The third-order valence-electron chi connectivity index (χ3n) is 2.90. The van der Waals surface area contributed by atoms with Crippen LogP contribution in [-0.4, -0.2) is 43.4 Å². The highest BCUT2D eigenvalue weighted by atomic mass is 35.5. The van der Waals surface area contributed by atoms with Gasteiger partial charge in [0.1, 0.15) is 11.3 Å². The Kier molecular flexibility index (Phi) is 5.61. The zero-order valence-electron chi connectivity index (χ0n) is 13.0. The Balaban J connectivity index is 1.49. The number of aromatic amines is 1. The van der Waals surface area contributed by atoms with Gasteiger partial charge >= 0.3 is 0 Å². The summed E-state index contributed by atoms with van der Waals surface area (Å²) in [5.74, 6) is -0.808. The predicted octanol–water partition coefficient (Wildman–Crippen LogP) is 1.25. The van der Waals surface area contributed by atoms with Crippen LogP contribution in [0.1, 0.15) is 21.2 Å². The molecule has 3 N–H and O–H groups in total. The summed E-state index contributed by atoms with van der Waals surface area (Å²) in [4.78, 5) is 27.4. The molecule has 0 aliphatic rings. The van der Waals surface area contributed by atoms with Crippen LogP contribution < -0.4 is 10.7 Å². The van der Waals surface area contributed by atoms with E-state index in [1.54, 1.807) is 24.3 Å². The van der Waals surface area contributed by atoms with Gasteiger partial charge in [0, 0.05) is 5.02 Å². The molecule has 0 saturated heterocycles. The molecule has 0 aliphatic carbocycles. The second-order valence-electron chi connectivity index (χ2n) is 4.81. The maximum Gasteiger partial charge on any atom is 0.294 e. The summed E-state index contributed by atoms with van der Waals surface area (Å²) < 4.78 is 0. The molecular weight excluding hydrogens is 380 g/mol. The Labute approximate surface area is 155 Å². The Bertz CT molecular complexity index is 923. The highest BCUT2D eigenvalue weighted by Crippen LogP contribution is 2.16. The number of nitrogens with zero attached hydrogens (tertiary/aromatic N) is 5. The van der Waals surface area contributed by atoms with Crippen LogP contribution in [0.4, 0.5) is 5.13 Å². The number of nitrogens with one attached hydrogen (secondary N) is 3. The van der Waals surface area contributed by atoms with Crippen molar-refractivity contribution in [2.24, 2.45) is 5.10 Å². The number of hydrogen-bond acceptors (Lipinski definition) is 8. The third kappa shape index (κ3) is 4.91. The van der Waals surface area contributed by atoms with Gasteiger partial charge in [0.25, 0.3) is 5.91 Å². The molecule has 0 atom stereocenters. The number of amides is 2. The molecule has 0 bridgehead atoms. The van der Waals surface area contributed by atoms with Gasteiger partial charge < -0.3 is 0 Å². The Morgan fingerprint density at radius 2 is 2.08 bits per heavy atom. The van der Waals surface area contributed by atoms with Crippen LogP contribution in [0.3, 0.4) is 0 Å². The number of halogens is 1. The van der Waals surface area contributed by atoms with E-state index in [9.17, 15) is 9.59 Å². The largest absolute Gasteiger partial charge is 0.294 e. The van der Waals surface area contributed by atoms with Crippen molar-refractivity contribution in [2.45, 2.75) is 6.42 Å². The van der Waals surface area contributed by atoms with Crippen molar-refractivity contribution in [3.63, 3.8) is 0 Å². The van der Waals surface area contributed by atoms with Gasteiger partial charge in [-0.3, -0.25) is 20.0 Å². The van der Waals surface area contributed by atoms with Crippen molar-refractivity contribution >= 4 is 46.1 Å². The number of hydrazone groups is 1. The zero-order valence-corrected chi connectivity index (χ0v) is 14.6. The van der Waals surface area contributed by atoms with Gasteiger partial charge in [-0.05, 0) is 17.7 Å². The van der Waals surface area contributed by atoms with Crippen LogP contribution >= 0.6 is 22.9 Å². The molecule has 12 heteroatoms. The molecule has 1 aromatic carbocycles. The van der Waals surface area contributed by atoms with E-state index in [0.29, 0.717) is 10.0 Å². The number of anilines is 1. The van der Waals surface area contributed by atoms with E-state index >= 15 is 0 Å². The highest BCUT2D eigenvalue weighted by Gasteiger charge is 2.13. The SMILES string of the molecule is O=C(Cc1nnc(NC(=O)c2ncn[nH]2)s1)N/N=C\c1ccc(Cl)cc1. The highest BCUT2D eigenvalue weighted by molar-refractivity contribution is 7.15. The summed E-state index contributed by atoms with van der Waals surface area (Å²) in [7, 11) is 0. The minimum Gasteiger partial charge on any atom is -0.294 e. The minimum absolute atomic E-state index is 0.0200. The van der Waals surface area contributed by atoms with Gasteiger partial charge in [0.05, 0.1) is 12.6 Å². The first-order valence-corrected chi connectivity index (χ1v) is 8.36. The first kappa shape index (κ1) is 17.6. The van der Waals surface area contributed by atoms with Crippen LogP contribution in [0.25, 0.3) is 0 Å². The van der Waals surface area contributed by atoms with Gasteiger partial charge in [-0.1, -0.05) is 35.1 Å². The Hall–Kier alpha value is -3.18. The first-order chi connectivity index (χ1) is 12.6. The fraction of sp³-hybridized carbons (Fsp3) is 0.0714. The second-order valence-corrected chi connectivity index (χ2v) is 6.31. The van der Waals surface area contributed by atoms with Gasteiger partial charge in [-0.25, -0.2) is 10.4 Å². The normalized spacial score (nSPS) is 10.8. The number of hydrogen-bond donors (Lipinski definition) is 3. The average Bonchev–Trinajstić information content (AvgIpc) is 3.29. The van der Waals surface area contributed by atoms with Crippen LogP contribution in [-0.2, 0) is 11.2 Å². The summed E-state index contributed by atoms with van der Waals surface area (Å²) in [6.45, 7) is 0. The summed E-state index contributed by atoms with van der Waals surface area (Å²) in [6.07, 6.45) is 2.69. The molecule has 0 saturated carbocycles. The molecule has 26 heavy (non-hydrogen) atoms. The number of rotatable bonds is 6. The topological polar surface area (TPSA) is 138 Å². The van der Waals surface area contributed by atoms with Crippen molar-refractivity contribution in [2.75, 3.05) is 5.32 Å². The van der Waals surface area contributed by atoms with Crippen molar-refractivity contribution < 1.29 is 9.59 Å². The molecule has 0 unspecified atom stereocenters. The molecular formula is C14H11ClN8O2S. The molecule has 10 nitrogen and oxygen atoms in total. The fourth-order valence-corrected chi connectivity index (χ4v) is 2.61. The van der Waals surface area contributed by atoms with E-state index in [1.807, 2.05) is 0 Å². The molecule has 2 aromatic heterocycles. The van der Waals surface area contributed by atoms with E-state index in [-0.39, 0.29) is 23.3 Å². The van der Waals surface area contributed by atoms with Crippen LogP contribution in [0.2, 0.25) is 5.02 Å². The molecule has 2 amide bonds. The molecule has 0 radical (unpaired) electrons. The lowest BCUT2D eigenvalue weighted by Gasteiger charge is -1.97. The number of aromatic nitrogens is 5. The molecule has 0 fully saturated rings. The van der Waals surface area contributed by atoms with Crippen LogP contribution in [0, 0.1) is 0 Å². The first-order valence-electron chi connectivity index (χ1n) is 7.17. The third-order valence-corrected chi connectivity index (χ3v) is 3.99. The monoisotopic (exact) mass is 390 g/mol. The number of benzene rings is 1. The maximum absolute atomic E-state index is 11.9. The van der Waals surface area contributed by atoms with Crippen molar-refractivity contribution in [3.05, 3.63) is 52.0 Å². The number of H-pyrrole nitrogens is 1. The van der Waals surface area contributed by atoms with E-state index in [4.69, 9.17) is 11.6 Å². The second kappa shape index (κ2) is 8.27. The summed E-state index contributed by atoms with van der Waals surface area (Å²) in [5, 5.41) is 21.3. The summed E-state index contributed by atoms with van der Waals surface area (Å²) in [5.41, 5.74) is 3.19. The van der Waals surface area contributed by atoms with Crippen molar-refractivity contribution in [1.82, 2.24) is 30.8 Å². The van der Waals surface area contributed by atoms with Gasteiger partial charge in [-0.15, -0.1) is 10.2 Å². The summed E-state index contributed by atoms with van der Waals surface area (Å²) in [6, 6.07) is 6.99. The average molecular weight is 391 g/mol. The van der Waals surface area contributed by atoms with Crippen LogP contribution in [0.5, 0.6) is 0 Å². The Morgan fingerprint density at radius 3 is 2.81 bits per heavy atom. The van der Waals surface area contributed by atoms with E-state index in [0.717, 1.165) is 16.9 Å². The van der Waals surface area contributed by atoms with Gasteiger partial charge in [0.15, 0.2) is 0 Å². The lowest BCUT2D eigenvalue weighted by Crippen LogP contribution is -2.19. The summed E-state index contributed by atoms with van der Waals surface area (Å²) >= 11 is 6.86. The maximum atomic E-state index is 11.9. The number of carbonyl (C=O) groups is 2. The smallest absolute Gasteiger partial charge is 0.294 e. The lowest BCUT2D eigenvalue weighted by atomic mass is 10.2. The van der Waals surface area contributed by atoms with E-state index in [2.05, 4.69) is 41.2 Å². The lowest BCUT2D eigenvalue weighted by molar-refractivity contribution is -0.120. The number of carbonyl (C=O) groups excluding carboxylic acids is 2. The van der Waals surface area contributed by atoms with Crippen molar-refractivity contribution in [3.8, 4) is 0 Å². The standard InChI is InChI=1S/C14H11ClN8O2S/c15-9-3-1-8(2-4-9)6-17-20-10(24)5-11-21-23-14(26-11)19-13(25)12-16-7-18-22-12/h1-4,6-7H,5H2,(H,20,24)(H,16,18,22)(H,19,23,25)/b17-6-. The Morgan fingerprint density at radius 1 is 1.27 bits per heavy atom. The molecule has 0 aliphatic heterocycles. The molecule has 3 rings (SSSR count). The minimum atomic E-state index is -0.498. The van der Waals surface area contributed by atoms with E-state index in [1.165, 1.54) is 12.5 Å². The molecule has 2 heterocycles. The van der Waals surface area contributed by atoms with Gasteiger partial charge in [0.2, 0.25) is 16.9 Å². The van der Waals surface area contributed by atoms with Gasteiger partial charge in [-0.2, -0.15) is 10.2 Å². The van der Waals surface area contributed by atoms with E-state index < -0.39 is 5.91 Å².